The molecule has 4 nitrogen and oxygen atoms in total. The number of rotatable bonds is 5. The third-order valence-corrected chi connectivity index (χ3v) is 6.96. The molecule has 1 aliphatic carbocycles. The van der Waals surface area contributed by atoms with E-state index in [1.807, 2.05) is 12.3 Å². The Morgan fingerprint density at radius 3 is 2.57 bits per heavy atom. The summed E-state index contributed by atoms with van der Waals surface area (Å²) >= 11 is 1.75. The van der Waals surface area contributed by atoms with E-state index in [2.05, 4.69) is 4.72 Å². The normalized spacial score (nSPS) is 18.1. The van der Waals surface area contributed by atoms with Crippen molar-refractivity contribution in [1.82, 2.24) is 4.72 Å². The Labute approximate surface area is 131 Å². The number of thioether (sulfide) groups is 1. The average Bonchev–Trinajstić information content (AvgIpc) is 2.54. The van der Waals surface area contributed by atoms with E-state index in [1.54, 1.807) is 23.9 Å². The molecule has 0 saturated heterocycles. The summed E-state index contributed by atoms with van der Waals surface area (Å²) in [4.78, 5) is 0.0690. The fourth-order valence-electron chi connectivity index (χ4n) is 2.75. The first-order valence-electron chi connectivity index (χ1n) is 7.07. The van der Waals surface area contributed by atoms with Gasteiger partial charge in [-0.15, -0.1) is 0 Å². The van der Waals surface area contributed by atoms with Crippen molar-refractivity contribution in [2.45, 2.75) is 41.7 Å². The summed E-state index contributed by atoms with van der Waals surface area (Å²) < 4.78 is 27.6. The molecule has 1 aromatic rings. The topological polar surface area (TPSA) is 70.0 Å². The third-order valence-electron chi connectivity index (χ3n) is 4.08. The second-order valence-electron chi connectivity index (χ2n) is 5.38. The van der Waals surface area contributed by atoms with Gasteiger partial charge in [-0.2, -0.15) is 17.0 Å². The number of nitrogens with zero attached hydrogens (tertiary/aromatic N) is 1. The highest BCUT2D eigenvalue weighted by atomic mass is 32.2. The molecule has 0 radical (unpaired) electrons. The molecule has 0 atom stereocenters. The van der Waals surface area contributed by atoms with Crippen molar-refractivity contribution >= 4 is 21.8 Å². The highest BCUT2D eigenvalue weighted by Gasteiger charge is 2.33. The number of benzene rings is 1. The molecule has 6 heteroatoms. The van der Waals surface area contributed by atoms with Crippen molar-refractivity contribution in [2.75, 3.05) is 12.8 Å². The van der Waals surface area contributed by atoms with Crippen molar-refractivity contribution < 1.29 is 8.42 Å². The Kier molecular flexibility index (Phi) is 5.31. The van der Waals surface area contributed by atoms with E-state index in [1.165, 1.54) is 18.6 Å². The van der Waals surface area contributed by atoms with E-state index in [0.29, 0.717) is 6.54 Å². The van der Waals surface area contributed by atoms with Crippen molar-refractivity contribution in [2.24, 2.45) is 0 Å². The van der Waals surface area contributed by atoms with Crippen LogP contribution in [0.3, 0.4) is 0 Å². The van der Waals surface area contributed by atoms with Gasteiger partial charge in [0.1, 0.15) is 6.07 Å². The molecule has 21 heavy (non-hydrogen) atoms. The van der Waals surface area contributed by atoms with Crippen molar-refractivity contribution in [1.29, 1.82) is 5.26 Å². The molecule has 1 N–H and O–H groups in total. The smallest absolute Gasteiger partial charge is 0.210 e. The molecule has 0 heterocycles. The van der Waals surface area contributed by atoms with Gasteiger partial charge >= 0.3 is 0 Å². The lowest BCUT2D eigenvalue weighted by Crippen LogP contribution is -2.41. The molecule has 0 amide bonds. The number of hydrogen-bond donors (Lipinski definition) is 1. The number of nitriles is 1. The molecular weight excluding hydrogens is 304 g/mol. The first kappa shape index (κ1) is 16.3. The molecule has 0 unspecified atom stereocenters. The van der Waals surface area contributed by atoms with Crippen molar-refractivity contribution in [3.05, 3.63) is 29.8 Å². The van der Waals surface area contributed by atoms with E-state index in [4.69, 9.17) is 5.26 Å². The molecule has 114 valence electrons. The lowest BCUT2D eigenvalue weighted by Gasteiger charge is -2.35. The van der Waals surface area contributed by atoms with E-state index in [9.17, 15) is 8.42 Å². The lowest BCUT2D eigenvalue weighted by molar-refractivity contribution is 0.395. The van der Waals surface area contributed by atoms with Crippen LogP contribution < -0.4 is 4.72 Å². The minimum atomic E-state index is -3.64. The van der Waals surface area contributed by atoms with Gasteiger partial charge in [-0.05, 0) is 31.2 Å². The van der Waals surface area contributed by atoms with E-state index in [-0.39, 0.29) is 15.2 Å². The fraction of sp³-hybridized carbons (Fsp3) is 0.533. The zero-order valence-electron chi connectivity index (χ0n) is 12.1. The molecule has 2 rings (SSSR count). The van der Waals surface area contributed by atoms with Gasteiger partial charge in [0.15, 0.2) is 0 Å². The van der Waals surface area contributed by atoms with Crippen LogP contribution in [0.1, 0.15) is 37.7 Å². The molecule has 0 spiro atoms. The molecule has 1 saturated carbocycles. The van der Waals surface area contributed by atoms with E-state index < -0.39 is 10.0 Å². The summed E-state index contributed by atoms with van der Waals surface area (Å²) in [6.07, 6.45) is 7.65. The maximum absolute atomic E-state index is 12.4. The minimum absolute atomic E-state index is 0.00704. The molecule has 0 aliphatic heterocycles. The van der Waals surface area contributed by atoms with Crippen LogP contribution in [0.25, 0.3) is 0 Å². The lowest BCUT2D eigenvalue weighted by atomic mass is 9.88. The Bertz CT molecular complexity index is 629. The zero-order chi connectivity index (χ0) is 15.3. The van der Waals surface area contributed by atoms with Crippen LogP contribution in [-0.4, -0.2) is 26.0 Å². The van der Waals surface area contributed by atoms with Crippen LogP contribution in [0, 0.1) is 11.3 Å². The standard InChI is InChI=1S/C15H20N2O2S2/c1-20-15(9-5-2-6-10-15)12-17-21(18,19)14-8-4-3-7-13(14)11-16/h3-4,7-8,17H,2,5-6,9-10,12H2,1H3. The first-order chi connectivity index (χ1) is 10.0. The van der Waals surface area contributed by atoms with E-state index in [0.717, 1.165) is 25.7 Å². The molecular formula is C15H20N2O2S2. The fourth-order valence-corrected chi connectivity index (χ4v) is 5.03. The Balaban J connectivity index is 2.16. The highest BCUT2D eigenvalue weighted by molar-refractivity contribution is 8.00. The maximum Gasteiger partial charge on any atom is 0.241 e. The number of hydrogen-bond acceptors (Lipinski definition) is 4. The third kappa shape index (κ3) is 3.79. The van der Waals surface area contributed by atoms with Gasteiger partial charge in [0.2, 0.25) is 10.0 Å². The highest BCUT2D eigenvalue weighted by Crippen LogP contribution is 2.38. The zero-order valence-corrected chi connectivity index (χ0v) is 13.8. The Morgan fingerprint density at radius 2 is 1.95 bits per heavy atom. The van der Waals surface area contributed by atoms with Gasteiger partial charge in [0.05, 0.1) is 10.5 Å². The molecule has 0 bridgehead atoms. The molecule has 1 aliphatic rings. The summed E-state index contributed by atoms with van der Waals surface area (Å²) in [5.74, 6) is 0. The quantitative estimate of drug-likeness (QED) is 0.904. The monoisotopic (exact) mass is 324 g/mol. The van der Waals surface area contributed by atoms with Crippen molar-refractivity contribution in [3.8, 4) is 6.07 Å². The summed E-state index contributed by atoms with van der Waals surface area (Å²) in [6.45, 7) is 0.427. The van der Waals surface area contributed by atoms with Gasteiger partial charge in [0, 0.05) is 11.3 Å². The Morgan fingerprint density at radius 1 is 1.29 bits per heavy atom. The van der Waals surface area contributed by atoms with Gasteiger partial charge in [-0.1, -0.05) is 31.4 Å². The van der Waals surface area contributed by atoms with Gasteiger partial charge in [0.25, 0.3) is 0 Å². The predicted octanol–water partition coefficient (Wildman–Crippen LogP) is 2.90. The number of sulfonamides is 1. The van der Waals surface area contributed by atoms with Crippen LogP contribution in [0.4, 0.5) is 0 Å². The number of nitrogens with one attached hydrogen (secondary N) is 1. The first-order valence-corrected chi connectivity index (χ1v) is 9.78. The Hall–Kier alpha value is -1.03. The minimum Gasteiger partial charge on any atom is -0.210 e. The second kappa shape index (κ2) is 6.82. The summed E-state index contributed by atoms with van der Waals surface area (Å²) in [7, 11) is -3.64. The van der Waals surface area contributed by atoms with Crippen molar-refractivity contribution in [3.63, 3.8) is 0 Å². The van der Waals surface area contributed by atoms with Crippen LogP contribution in [0.15, 0.2) is 29.2 Å². The summed E-state index contributed by atoms with van der Waals surface area (Å²) in [5.41, 5.74) is 0.187. The van der Waals surface area contributed by atoms with Gasteiger partial charge in [-0.3, -0.25) is 0 Å². The van der Waals surface area contributed by atoms with Crippen LogP contribution in [0.2, 0.25) is 0 Å². The molecule has 1 fully saturated rings. The van der Waals surface area contributed by atoms with Gasteiger partial charge in [-0.25, -0.2) is 13.1 Å². The molecule has 1 aromatic carbocycles. The average molecular weight is 324 g/mol. The second-order valence-corrected chi connectivity index (χ2v) is 8.39. The predicted molar refractivity (Wildman–Crippen MR) is 85.7 cm³/mol. The molecule has 0 aromatic heterocycles. The summed E-state index contributed by atoms with van der Waals surface area (Å²) in [5, 5.41) is 9.05. The maximum atomic E-state index is 12.4. The van der Waals surface area contributed by atoms with Crippen LogP contribution in [0.5, 0.6) is 0 Å². The summed E-state index contributed by atoms with van der Waals surface area (Å²) in [6, 6.07) is 8.25. The van der Waals surface area contributed by atoms with E-state index >= 15 is 0 Å². The largest absolute Gasteiger partial charge is 0.241 e. The SMILES string of the molecule is CSC1(CNS(=O)(=O)c2ccccc2C#N)CCCCC1. The van der Waals surface area contributed by atoms with Crippen LogP contribution in [-0.2, 0) is 10.0 Å². The van der Waals surface area contributed by atoms with Crippen LogP contribution >= 0.6 is 11.8 Å². The van der Waals surface area contributed by atoms with Gasteiger partial charge < -0.3 is 0 Å².